The highest BCUT2D eigenvalue weighted by molar-refractivity contribution is 5.78. The van der Waals surface area contributed by atoms with Crippen LogP contribution in [0, 0.1) is 35.5 Å². The van der Waals surface area contributed by atoms with Crippen molar-refractivity contribution in [2.45, 2.75) is 102 Å². The van der Waals surface area contributed by atoms with Crippen molar-refractivity contribution >= 4 is 5.78 Å². The molecule has 0 aromatic rings. The zero-order valence-electron chi connectivity index (χ0n) is 17.5. The monoisotopic (exact) mass is 392 g/mol. The van der Waals surface area contributed by atoms with Crippen LogP contribution < -0.4 is 0 Å². The quantitative estimate of drug-likeness (QED) is 0.592. The molecule has 4 bridgehead atoms. The summed E-state index contributed by atoms with van der Waals surface area (Å²) in [6, 6.07) is 0. The van der Waals surface area contributed by atoms with E-state index in [-0.39, 0.29) is 0 Å². The summed E-state index contributed by atoms with van der Waals surface area (Å²) in [7, 11) is 0. The SMILES string of the molecule is CC(C)CCC(=O)CC1CCC2(CC1)OOC1(OO2)C2CC3CC(C2)CC1C3. The first kappa shape index (κ1) is 19.5. The van der Waals surface area contributed by atoms with Gasteiger partial charge in [0.25, 0.3) is 0 Å². The summed E-state index contributed by atoms with van der Waals surface area (Å²) in [6.45, 7) is 4.34. The molecule has 0 atom stereocenters. The van der Waals surface area contributed by atoms with Gasteiger partial charge in [0, 0.05) is 37.5 Å². The fourth-order valence-corrected chi connectivity index (χ4v) is 6.79. The molecule has 0 aromatic heterocycles. The Morgan fingerprint density at radius 2 is 1.46 bits per heavy atom. The second kappa shape index (κ2) is 7.33. The lowest BCUT2D eigenvalue weighted by Crippen LogP contribution is -2.64. The summed E-state index contributed by atoms with van der Waals surface area (Å²) in [6.07, 6.45) is 11.9. The summed E-state index contributed by atoms with van der Waals surface area (Å²) in [5, 5.41) is 0. The number of carbonyl (C=O) groups excluding carboxylic acids is 1. The molecule has 0 radical (unpaired) electrons. The second-order valence-electron chi connectivity index (χ2n) is 10.9. The van der Waals surface area contributed by atoms with E-state index in [0.717, 1.165) is 43.9 Å². The highest BCUT2D eigenvalue weighted by Crippen LogP contribution is 2.61. The van der Waals surface area contributed by atoms with Crippen molar-refractivity contribution in [1.82, 2.24) is 0 Å². The van der Waals surface area contributed by atoms with Gasteiger partial charge in [0.1, 0.15) is 5.78 Å². The molecule has 5 heteroatoms. The van der Waals surface area contributed by atoms with Crippen molar-refractivity contribution in [2.75, 3.05) is 0 Å². The van der Waals surface area contributed by atoms with Crippen molar-refractivity contribution in [2.24, 2.45) is 35.5 Å². The largest absolute Gasteiger partial charge is 0.300 e. The molecule has 5 aliphatic carbocycles. The van der Waals surface area contributed by atoms with E-state index in [2.05, 4.69) is 13.8 Å². The van der Waals surface area contributed by atoms with Gasteiger partial charge in [-0.1, -0.05) is 13.8 Å². The van der Waals surface area contributed by atoms with Gasteiger partial charge >= 0.3 is 0 Å². The topological polar surface area (TPSA) is 54.0 Å². The highest BCUT2D eigenvalue weighted by atomic mass is 17.4. The predicted molar refractivity (Wildman–Crippen MR) is 103 cm³/mol. The Balaban J connectivity index is 1.13. The summed E-state index contributed by atoms with van der Waals surface area (Å²) in [5.74, 6) is 2.52. The zero-order chi connectivity index (χ0) is 19.4. The smallest absolute Gasteiger partial charge is 0.239 e. The molecule has 0 amide bonds. The Kier molecular flexibility index (Phi) is 5.10. The van der Waals surface area contributed by atoms with E-state index < -0.39 is 11.6 Å². The fourth-order valence-electron chi connectivity index (χ4n) is 6.79. The molecule has 0 N–H and O–H groups in total. The third kappa shape index (κ3) is 3.46. The van der Waals surface area contributed by atoms with Crippen LogP contribution in [0.15, 0.2) is 0 Å². The van der Waals surface area contributed by atoms with Gasteiger partial charge in [-0.25, -0.2) is 0 Å². The lowest BCUT2D eigenvalue weighted by Gasteiger charge is -2.60. The molecule has 0 aromatic carbocycles. The lowest BCUT2D eigenvalue weighted by atomic mass is 9.53. The van der Waals surface area contributed by atoms with E-state index in [0.29, 0.717) is 42.3 Å². The van der Waals surface area contributed by atoms with Gasteiger partial charge in [-0.05, 0) is 75.0 Å². The molecule has 0 unspecified atom stereocenters. The summed E-state index contributed by atoms with van der Waals surface area (Å²) >= 11 is 0. The molecule has 158 valence electrons. The van der Waals surface area contributed by atoms with Crippen LogP contribution in [-0.2, 0) is 24.3 Å². The summed E-state index contributed by atoms with van der Waals surface area (Å²) in [4.78, 5) is 36.4. The van der Waals surface area contributed by atoms with Crippen LogP contribution in [0.2, 0.25) is 0 Å². The highest BCUT2D eigenvalue weighted by Gasteiger charge is 2.64. The molecule has 1 aliphatic heterocycles. The molecule has 1 saturated heterocycles. The third-order valence-electron chi connectivity index (χ3n) is 8.31. The Hall–Kier alpha value is -0.490. The molecule has 5 nitrogen and oxygen atoms in total. The maximum atomic E-state index is 12.2. The van der Waals surface area contributed by atoms with E-state index in [1.165, 1.54) is 32.1 Å². The van der Waals surface area contributed by atoms with Crippen LogP contribution in [0.1, 0.15) is 90.9 Å². The van der Waals surface area contributed by atoms with Crippen molar-refractivity contribution in [3.05, 3.63) is 0 Å². The van der Waals surface area contributed by atoms with Crippen molar-refractivity contribution in [3.63, 3.8) is 0 Å². The van der Waals surface area contributed by atoms with Gasteiger partial charge in [0.05, 0.1) is 0 Å². The molecule has 6 fully saturated rings. The average Bonchev–Trinajstić information content (AvgIpc) is 2.67. The molecule has 1 heterocycles. The van der Waals surface area contributed by atoms with E-state index in [9.17, 15) is 4.79 Å². The minimum Gasteiger partial charge on any atom is -0.300 e. The van der Waals surface area contributed by atoms with Crippen LogP contribution in [0.25, 0.3) is 0 Å². The van der Waals surface area contributed by atoms with Gasteiger partial charge < -0.3 is 0 Å². The van der Waals surface area contributed by atoms with E-state index >= 15 is 0 Å². The Bertz CT molecular complexity index is 552. The maximum absolute atomic E-state index is 12.2. The van der Waals surface area contributed by atoms with Gasteiger partial charge in [0.2, 0.25) is 11.6 Å². The van der Waals surface area contributed by atoms with Gasteiger partial charge in [0.15, 0.2) is 0 Å². The molecule has 5 saturated carbocycles. The first-order chi connectivity index (χ1) is 13.5. The summed E-state index contributed by atoms with van der Waals surface area (Å²) < 4.78 is 0. The average molecular weight is 393 g/mol. The molecule has 6 aliphatic rings. The van der Waals surface area contributed by atoms with E-state index in [1.54, 1.807) is 0 Å². The van der Waals surface area contributed by atoms with Crippen molar-refractivity contribution in [3.8, 4) is 0 Å². The first-order valence-corrected chi connectivity index (χ1v) is 11.7. The van der Waals surface area contributed by atoms with Crippen LogP contribution >= 0.6 is 0 Å². The van der Waals surface area contributed by atoms with Crippen LogP contribution in [0.5, 0.6) is 0 Å². The molecular weight excluding hydrogens is 356 g/mol. The van der Waals surface area contributed by atoms with E-state index in [1.807, 2.05) is 0 Å². The van der Waals surface area contributed by atoms with E-state index in [4.69, 9.17) is 19.6 Å². The number of ketones is 1. The second-order valence-corrected chi connectivity index (χ2v) is 10.9. The van der Waals surface area contributed by atoms with Crippen LogP contribution in [-0.4, -0.2) is 17.4 Å². The molecular formula is C23H36O5. The Morgan fingerprint density at radius 1 is 0.893 bits per heavy atom. The fraction of sp³-hybridized carbons (Fsp3) is 0.957. The van der Waals surface area contributed by atoms with Crippen LogP contribution in [0.3, 0.4) is 0 Å². The molecule has 28 heavy (non-hydrogen) atoms. The maximum Gasteiger partial charge on any atom is 0.239 e. The predicted octanol–water partition coefficient (Wildman–Crippen LogP) is 5.33. The first-order valence-electron chi connectivity index (χ1n) is 11.7. The van der Waals surface area contributed by atoms with Crippen molar-refractivity contribution in [1.29, 1.82) is 0 Å². The van der Waals surface area contributed by atoms with Gasteiger partial charge in [-0.15, -0.1) is 0 Å². The van der Waals surface area contributed by atoms with Gasteiger partial charge in [-0.2, -0.15) is 19.6 Å². The summed E-state index contributed by atoms with van der Waals surface area (Å²) in [5.41, 5.74) is 0. The number of rotatable bonds is 5. The number of Topliss-reactive ketones (excluding diaryl/α,β-unsaturated/α-hetero) is 1. The third-order valence-corrected chi connectivity index (χ3v) is 8.31. The minimum absolute atomic E-state index is 0.403. The number of carbonyl (C=O) groups is 1. The lowest BCUT2D eigenvalue weighted by molar-refractivity contribution is -0.680. The van der Waals surface area contributed by atoms with Crippen molar-refractivity contribution < 1.29 is 24.3 Å². The number of hydrogen-bond acceptors (Lipinski definition) is 5. The number of hydrogen-bond donors (Lipinski definition) is 0. The molecule has 6 rings (SSSR count). The molecule has 2 spiro atoms. The minimum atomic E-state index is -0.766. The normalized spacial score (nSPS) is 47.3. The standard InChI is InChI=1S/C23H36O5/c1-15(2)3-4-21(24)14-16-5-7-22(8-6-16)25-27-23(28-26-22)19-10-17-9-18(12-19)13-20(23)11-17/h15-20H,3-14H2,1-2H3. The zero-order valence-corrected chi connectivity index (χ0v) is 17.5. The Labute approximate surface area is 168 Å². The Morgan fingerprint density at radius 3 is 2.00 bits per heavy atom. The van der Waals surface area contributed by atoms with Gasteiger partial charge in [-0.3, -0.25) is 4.79 Å². The van der Waals surface area contributed by atoms with Crippen LogP contribution in [0.4, 0.5) is 0 Å².